The van der Waals surface area contributed by atoms with E-state index >= 15 is 0 Å². The van der Waals surface area contributed by atoms with E-state index < -0.39 is 10.8 Å². The van der Waals surface area contributed by atoms with Gasteiger partial charge in [0.25, 0.3) is 0 Å². The van der Waals surface area contributed by atoms with E-state index in [1.165, 1.54) is 12.1 Å². The van der Waals surface area contributed by atoms with Crippen molar-refractivity contribution < 1.29 is 8.60 Å². The molecule has 1 atom stereocenters. The SMILES string of the molecule is Cc1ccc(S(=O)Cc2ccc(F)cc2Br)c(N)c1. The van der Waals surface area contributed by atoms with Gasteiger partial charge in [-0.05, 0) is 42.3 Å². The van der Waals surface area contributed by atoms with Gasteiger partial charge in [-0.2, -0.15) is 0 Å². The first-order chi connectivity index (χ1) is 8.97. The molecule has 2 aromatic rings. The van der Waals surface area contributed by atoms with Crippen LogP contribution in [0.1, 0.15) is 11.1 Å². The average Bonchev–Trinajstić information content (AvgIpc) is 2.32. The van der Waals surface area contributed by atoms with Gasteiger partial charge in [0.15, 0.2) is 0 Å². The van der Waals surface area contributed by atoms with E-state index in [4.69, 9.17) is 5.73 Å². The van der Waals surface area contributed by atoms with Crippen LogP contribution >= 0.6 is 15.9 Å². The van der Waals surface area contributed by atoms with Gasteiger partial charge in [-0.3, -0.25) is 4.21 Å². The van der Waals surface area contributed by atoms with Crippen molar-refractivity contribution in [1.82, 2.24) is 0 Å². The third-order valence-corrected chi connectivity index (χ3v) is 4.89. The Morgan fingerprint density at radius 2 is 2.00 bits per heavy atom. The molecule has 0 amide bonds. The summed E-state index contributed by atoms with van der Waals surface area (Å²) in [5.74, 6) is -0.0232. The lowest BCUT2D eigenvalue weighted by molar-refractivity contribution is 0.626. The Morgan fingerprint density at radius 3 is 2.63 bits per heavy atom. The van der Waals surface area contributed by atoms with E-state index in [2.05, 4.69) is 15.9 Å². The summed E-state index contributed by atoms with van der Waals surface area (Å²) in [4.78, 5) is 0.613. The normalized spacial score (nSPS) is 12.4. The van der Waals surface area contributed by atoms with E-state index in [-0.39, 0.29) is 5.82 Å². The summed E-state index contributed by atoms with van der Waals surface area (Å²) in [5, 5.41) is 0. The number of benzene rings is 2. The van der Waals surface area contributed by atoms with Crippen LogP contribution in [-0.2, 0) is 16.6 Å². The minimum Gasteiger partial charge on any atom is -0.398 e. The Kier molecular flexibility index (Phi) is 4.37. The van der Waals surface area contributed by atoms with Crippen LogP contribution in [0.25, 0.3) is 0 Å². The van der Waals surface area contributed by atoms with Crippen LogP contribution in [0.4, 0.5) is 10.1 Å². The predicted octanol–water partition coefficient (Wildman–Crippen LogP) is 3.79. The van der Waals surface area contributed by atoms with Gasteiger partial charge in [-0.15, -0.1) is 0 Å². The molecule has 2 nitrogen and oxygen atoms in total. The van der Waals surface area contributed by atoms with Gasteiger partial charge < -0.3 is 5.73 Å². The van der Waals surface area contributed by atoms with Gasteiger partial charge in [-0.1, -0.05) is 28.1 Å². The van der Waals surface area contributed by atoms with E-state index in [0.717, 1.165) is 11.1 Å². The third-order valence-electron chi connectivity index (χ3n) is 2.71. The second kappa shape index (κ2) is 5.84. The Balaban J connectivity index is 2.25. The third kappa shape index (κ3) is 3.42. The first-order valence-corrected chi connectivity index (χ1v) is 7.77. The number of rotatable bonds is 3. The first-order valence-electron chi connectivity index (χ1n) is 5.66. The van der Waals surface area contributed by atoms with Gasteiger partial charge in [0, 0.05) is 10.2 Å². The summed E-state index contributed by atoms with van der Waals surface area (Å²) in [7, 11) is -1.25. The van der Waals surface area contributed by atoms with E-state index in [0.29, 0.717) is 20.8 Å². The number of hydrogen-bond acceptors (Lipinski definition) is 2. The topological polar surface area (TPSA) is 43.1 Å². The standard InChI is InChI=1S/C14H13BrFNOS/c1-9-2-5-14(13(17)6-9)19(18)8-10-3-4-11(16)7-12(10)15/h2-7H,8,17H2,1H3. The van der Waals surface area contributed by atoms with Gasteiger partial charge in [0.05, 0.1) is 21.4 Å². The molecule has 0 radical (unpaired) electrons. The van der Waals surface area contributed by atoms with Gasteiger partial charge in [0.2, 0.25) is 0 Å². The second-order valence-corrected chi connectivity index (χ2v) is 6.54. The lowest BCUT2D eigenvalue weighted by Gasteiger charge is -2.08. The summed E-state index contributed by atoms with van der Waals surface area (Å²) >= 11 is 3.27. The molecule has 0 aliphatic rings. The van der Waals surface area contributed by atoms with Crippen LogP contribution in [0.15, 0.2) is 45.8 Å². The monoisotopic (exact) mass is 341 g/mol. The highest BCUT2D eigenvalue weighted by Gasteiger charge is 2.11. The Bertz CT molecular complexity index is 645. The largest absolute Gasteiger partial charge is 0.398 e. The lowest BCUT2D eigenvalue weighted by atomic mass is 10.2. The second-order valence-electron chi connectivity index (χ2n) is 4.27. The molecule has 0 heterocycles. The molecule has 1 unspecified atom stereocenters. The zero-order chi connectivity index (χ0) is 14.0. The highest BCUT2D eigenvalue weighted by molar-refractivity contribution is 9.10. The number of nitrogen functional groups attached to an aromatic ring is 1. The molecule has 0 saturated heterocycles. The average molecular weight is 342 g/mol. The zero-order valence-corrected chi connectivity index (χ0v) is 12.7. The van der Waals surface area contributed by atoms with E-state index in [9.17, 15) is 8.60 Å². The number of anilines is 1. The fourth-order valence-corrected chi connectivity index (χ4v) is 3.64. The van der Waals surface area contributed by atoms with Crippen molar-refractivity contribution in [3.05, 3.63) is 57.8 Å². The minimum absolute atomic E-state index is 0.300. The van der Waals surface area contributed by atoms with Crippen molar-refractivity contribution in [1.29, 1.82) is 0 Å². The quantitative estimate of drug-likeness (QED) is 0.863. The first kappa shape index (κ1) is 14.2. The van der Waals surface area contributed by atoms with Gasteiger partial charge in [0.1, 0.15) is 5.82 Å². The van der Waals surface area contributed by atoms with Crippen LogP contribution in [0.3, 0.4) is 0 Å². The van der Waals surface area contributed by atoms with Crippen molar-refractivity contribution in [3.63, 3.8) is 0 Å². The van der Waals surface area contributed by atoms with Crippen LogP contribution in [0.5, 0.6) is 0 Å². The molecule has 0 aromatic heterocycles. The van der Waals surface area contributed by atoms with E-state index in [1.54, 1.807) is 18.2 Å². The fraction of sp³-hybridized carbons (Fsp3) is 0.143. The molecule has 0 aliphatic heterocycles. The molecule has 2 rings (SSSR count). The van der Waals surface area contributed by atoms with Crippen molar-refractivity contribution in [2.45, 2.75) is 17.6 Å². The summed E-state index contributed by atoms with van der Waals surface area (Å²) in [6.45, 7) is 1.93. The van der Waals surface area contributed by atoms with Crippen LogP contribution in [-0.4, -0.2) is 4.21 Å². The fourth-order valence-electron chi connectivity index (χ4n) is 1.73. The van der Waals surface area contributed by atoms with Crippen molar-refractivity contribution in [3.8, 4) is 0 Å². The maximum absolute atomic E-state index is 13.0. The van der Waals surface area contributed by atoms with Gasteiger partial charge in [-0.25, -0.2) is 4.39 Å². The Hall–Kier alpha value is -1.20. The van der Waals surface area contributed by atoms with Crippen molar-refractivity contribution in [2.24, 2.45) is 0 Å². The van der Waals surface area contributed by atoms with E-state index in [1.807, 2.05) is 13.0 Å². The molecule has 0 aliphatic carbocycles. The molecule has 0 saturated carbocycles. The highest BCUT2D eigenvalue weighted by atomic mass is 79.9. The Labute approximate surface area is 122 Å². The summed E-state index contributed by atoms with van der Waals surface area (Å²) in [6, 6.07) is 9.80. The van der Waals surface area contributed by atoms with Crippen LogP contribution < -0.4 is 5.73 Å². The smallest absolute Gasteiger partial charge is 0.124 e. The minimum atomic E-state index is -1.25. The molecule has 19 heavy (non-hydrogen) atoms. The molecule has 0 spiro atoms. The number of halogens is 2. The summed E-state index contributed by atoms with van der Waals surface area (Å²) in [6.07, 6.45) is 0. The van der Waals surface area contributed by atoms with Gasteiger partial charge >= 0.3 is 0 Å². The highest BCUT2D eigenvalue weighted by Crippen LogP contribution is 2.24. The maximum atomic E-state index is 13.0. The number of nitrogens with two attached hydrogens (primary N) is 1. The van der Waals surface area contributed by atoms with Crippen LogP contribution in [0.2, 0.25) is 0 Å². The molecule has 0 fully saturated rings. The summed E-state index contributed by atoms with van der Waals surface area (Å²) < 4.78 is 25.9. The number of hydrogen-bond donors (Lipinski definition) is 1. The molecule has 0 bridgehead atoms. The molecular formula is C14H13BrFNOS. The predicted molar refractivity (Wildman–Crippen MR) is 79.8 cm³/mol. The van der Waals surface area contributed by atoms with Crippen molar-refractivity contribution in [2.75, 3.05) is 5.73 Å². The summed E-state index contributed by atoms with van der Waals surface area (Å²) in [5.41, 5.74) is 8.22. The molecule has 5 heteroatoms. The molecular weight excluding hydrogens is 329 g/mol. The van der Waals surface area contributed by atoms with Crippen molar-refractivity contribution >= 4 is 32.4 Å². The Morgan fingerprint density at radius 1 is 1.26 bits per heavy atom. The molecule has 2 aromatic carbocycles. The van der Waals surface area contributed by atoms with Crippen LogP contribution in [0, 0.1) is 12.7 Å². The molecule has 2 N–H and O–H groups in total. The zero-order valence-electron chi connectivity index (χ0n) is 10.3. The number of aryl methyl sites for hydroxylation is 1. The lowest BCUT2D eigenvalue weighted by Crippen LogP contribution is -2.02. The molecule has 100 valence electrons. The maximum Gasteiger partial charge on any atom is 0.124 e.